The van der Waals surface area contributed by atoms with Crippen LogP contribution in [0.5, 0.6) is 0 Å². The number of likely N-dealkylation sites (N-methyl/N-ethyl adjacent to an activating group) is 1. The van der Waals surface area contributed by atoms with E-state index < -0.39 is 0 Å². The molecule has 0 saturated carbocycles. The maximum Gasteiger partial charge on any atom is 0.254 e. The van der Waals surface area contributed by atoms with Crippen LogP contribution in [0.4, 0.5) is 5.69 Å². The molecule has 0 aromatic heterocycles. The number of anilines is 1. The molecule has 0 unspecified atom stereocenters. The van der Waals surface area contributed by atoms with Crippen molar-refractivity contribution in [2.24, 2.45) is 0 Å². The Morgan fingerprint density at radius 2 is 2.12 bits per heavy atom. The summed E-state index contributed by atoms with van der Waals surface area (Å²) in [7, 11) is 2.11. The van der Waals surface area contributed by atoms with Crippen LogP contribution in [0, 0.1) is 0 Å². The van der Waals surface area contributed by atoms with E-state index in [-0.39, 0.29) is 5.91 Å². The summed E-state index contributed by atoms with van der Waals surface area (Å²) in [5.41, 5.74) is 4.55. The second kappa shape index (κ2) is 7.32. The summed E-state index contributed by atoms with van der Waals surface area (Å²) in [4.78, 5) is 17.3. The number of amides is 1. The number of nitrogens with zero attached hydrogens (tertiary/aromatic N) is 2. The van der Waals surface area contributed by atoms with Gasteiger partial charge >= 0.3 is 0 Å². The van der Waals surface area contributed by atoms with Gasteiger partial charge in [0.25, 0.3) is 5.91 Å². The van der Waals surface area contributed by atoms with Crippen LogP contribution in [-0.2, 0) is 17.7 Å². The van der Waals surface area contributed by atoms with Crippen LogP contribution in [0.2, 0.25) is 0 Å². The van der Waals surface area contributed by atoms with E-state index in [4.69, 9.17) is 4.74 Å². The average Bonchev–Trinajstić information content (AvgIpc) is 3.15. The number of hydrogen-bond acceptors (Lipinski definition) is 5. The monoisotopic (exact) mass is 344 g/mol. The van der Waals surface area contributed by atoms with Gasteiger partial charge in [0, 0.05) is 50.6 Å². The van der Waals surface area contributed by atoms with Crippen molar-refractivity contribution in [2.45, 2.75) is 25.4 Å². The van der Waals surface area contributed by atoms with Crippen molar-refractivity contribution in [3.63, 3.8) is 0 Å². The zero-order chi connectivity index (χ0) is 17.2. The molecule has 0 radical (unpaired) electrons. The van der Waals surface area contributed by atoms with Gasteiger partial charge in [0.05, 0.1) is 12.6 Å². The Balaban J connectivity index is 1.59. The number of carbonyl (C=O) groups is 1. The van der Waals surface area contributed by atoms with E-state index in [1.54, 1.807) is 0 Å². The number of ether oxygens (including phenoxy) is 1. The predicted molar refractivity (Wildman–Crippen MR) is 98.1 cm³/mol. The highest BCUT2D eigenvalue weighted by molar-refractivity contribution is 5.96. The van der Waals surface area contributed by atoms with Crippen LogP contribution >= 0.6 is 0 Å². The summed E-state index contributed by atoms with van der Waals surface area (Å²) < 4.78 is 5.50. The highest BCUT2D eigenvalue weighted by Crippen LogP contribution is 2.28. The number of fused-ring (bicyclic) bond motifs is 1. The number of hydrogen-bond donors (Lipinski definition) is 2. The Hall–Kier alpha value is -1.63. The van der Waals surface area contributed by atoms with Gasteiger partial charge < -0.3 is 25.2 Å². The molecule has 0 spiro atoms. The molecule has 3 aliphatic rings. The van der Waals surface area contributed by atoms with Crippen LogP contribution in [0.3, 0.4) is 0 Å². The summed E-state index contributed by atoms with van der Waals surface area (Å²) in [5, 5.41) is 7.08. The maximum atomic E-state index is 13.0. The minimum Gasteiger partial charge on any atom is -0.380 e. The molecule has 25 heavy (non-hydrogen) atoms. The van der Waals surface area contributed by atoms with Gasteiger partial charge in [-0.15, -0.1) is 0 Å². The molecular weight excluding hydrogens is 316 g/mol. The Bertz CT molecular complexity index is 635. The van der Waals surface area contributed by atoms with E-state index in [2.05, 4.69) is 34.7 Å². The fraction of sp³-hybridized carbons (Fsp3) is 0.632. The summed E-state index contributed by atoms with van der Waals surface area (Å²) >= 11 is 0. The molecule has 3 aliphatic heterocycles. The summed E-state index contributed by atoms with van der Waals surface area (Å²) in [6, 6.07) is 4.53. The van der Waals surface area contributed by atoms with E-state index in [1.807, 2.05) is 4.90 Å². The van der Waals surface area contributed by atoms with Gasteiger partial charge in [-0.1, -0.05) is 0 Å². The van der Waals surface area contributed by atoms with E-state index in [0.717, 1.165) is 76.6 Å². The molecule has 2 N–H and O–H groups in total. The third-order valence-electron chi connectivity index (χ3n) is 5.54. The molecule has 3 heterocycles. The fourth-order valence-electron chi connectivity index (χ4n) is 3.91. The molecule has 136 valence electrons. The number of rotatable bonds is 3. The lowest BCUT2D eigenvalue weighted by Gasteiger charge is -2.33. The van der Waals surface area contributed by atoms with Gasteiger partial charge in [0.15, 0.2) is 0 Å². The van der Waals surface area contributed by atoms with Crippen molar-refractivity contribution in [3.8, 4) is 0 Å². The molecule has 1 atom stereocenters. The Morgan fingerprint density at radius 3 is 2.88 bits per heavy atom. The molecule has 6 heteroatoms. The van der Waals surface area contributed by atoms with Crippen LogP contribution in [0.25, 0.3) is 0 Å². The van der Waals surface area contributed by atoms with Crippen molar-refractivity contribution in [2.75, 3.05) is 58.3 Å². The lowest BCUT2D eigenvalue weighted by molar-refractivity contribution is 0.0664. The van der Waals surface area contributed by atoms with Gasteiger partial charge in [-0.2, -0.15) is 0 Å². The van der Waals surface area contributed by atoms with E-state index in [9.17, 15) is 4.79 Å². The standard InChI is InChI=1S/C19H28N4O2/c1-22-5-7-23(8-6-22)19(24)15-10-14-2-4-20-12-17(14)18(11-15)21-16-3-9-25-13-16/h10-11,16,20-21H,2-9,12-13H2,1H3/t16-/m0/s1. The topological polar surface area (TPSA) is 56.8 Å². The summed E-state index contributed by atoms with van der Waals surface area (Å²) in [5.74, 6) is 0.167. The van der Waals surface area contributed by atoms with Gasteiger partial charge in [-0.25, -0.2) is 0 Å². The fourth-order valence-corrected chi connectivity index (χ4v) is 3.91. The van der Waals surface area contributed by atoms with E-state index in [0.29, 0.717) is 6.04 Å². The number of piperazine rings is 1. The highest BCUT2D eigenvalue weighted by Gasteiger charge is 2.24. The van der Waals surface area contributed by atoms with E-state index in [1.165, 1.54) is 11.1 Å². The molecule has 2 saturated heterocycles. The van der Waals surface area contributed by atoms with Crippen molar-refractivity contribution in [1.29, 1.82) is 0 Å². The SMILES string of the molecule is CN1CCN(C(=O)c2cc3c(c(N[C@H]4CCOC4)c2)CNCC3)CC1. The van der Waals surface area contributed by atoms with Gasteiger partial charge in [-0.05, 0) is 49.7 Å². The first-order valence-corrected chi connectivity index (χ1v) is 9.39. The van der Waals surface area contributed by atoms with Crippen molar-refractivity contribution in [3.05, 3.63) is 28.8 Å². The van der Waals surface area contributed by atoms with Gasteiger partial charge in [0.2, 0.25) is 0 Å². The van der Waals surface area contributed by atoms with Crippen LogP contribution in [-0.4, -0.2) is 74.7 Å². The number of benzene rings is 1. The predicted octanol–water partition coefficient (Wildman–Crippen LogP) is 0.921. The third kappa shape index (κ3) is 3.66. The molecular formula is C19H28N4O2. The maximum absolute atomic E-state index is 13.0. The van der Waals surface area contributed by atoms with Crippen LogP contribution in [0.1, 0.15) is 27.9 Å². The largest absolute Gasteiger partial charge is 0.380 e. The van der Waals surface area contributed by atoms with Gasteiger partial charge in [-0.3, -0.25) is 4.79 Å². The number of nitrogens with one attached hydrogen (secondary N) is 2. The minimum atomic E-state index is 0.167. The highest BCUT2D eigenvalue weighted by atomic mass is 16.5. The Morgan fingerprint density at radius 1 is 1.28 bits per heavy atom. The molecule has 2 fully saturated rings. The van der Waals surface area contributed by atoms with Crippen molar-refractivity contribution >= 4 is 11.6 Å². The lowest BCUT2D eigenvalue weighted by atomic mass is 9.95. The Kier molecular flexibility index (Phi) is 4.92. The average molecular weight is 344 g/mol. The third-order valence-corrected chi connectivity index (χ3v) is 5.54. The molecule has 6 nitrogen and oxygen atoms in total. The smallest absolute Gasteiger partial charge is 0.254 e. The minimum absolute atomic E-state index is 0.167. The molecule has 4 rings (SSSR count). The summed E-state index contributed by atoms with van der Waals surface area (Å²) in [6.45, 7) is 6.94. The molecule has 0 bridgehead atoms. The summed E-state index contributed by atoms with van der Waals surface area (Å²) in [6.07, 6.45) is 2.01. The van der Waals surface area contributed by atoms with Crippen molar-refractivity contribution in [1.82, 2.24) is 15.1 Å². The number of carbonyl (C=O) groups excluding carboxylic acids is 1. The van der Waals surface area contributed by atoms with Gasteiger partial charge in [0.1, 0.15) is 0 Å². The first-order chi connectivity index (χ1) is 12.2. The normalized spacial score (nSPS) is 24.2. The zero-order valence-electron chi connectivity index (χ0n) is 15.0. The molecule has 1 aromatic carbocycles. The quantitative estimate of drug-likeness (QED) is 0.854. The second-order valence-electron chi connectivity index (χ2n) is 7.39. The first-order valence-electron chi connectivity index (χ1n) is 9.39. The van der Waals surface area contributed by atoms with Crippen LogP contribution < -0.4 is 10.6 Å². The van der Waals surface area contributed by atoms with E-state index >= 15 is 0 Å². The molecule has 1 aromatic rings. The zero-order valence-corrected chi connectivity index (χ0v) is 15.0. The Labute approximate surface area is 149 Å². The van der Waals surface area contributed by atoms with Crippen LogP contribution in [0.15, 0.2) is 12.1 Å². The van der Waals surface area contributed by atoms with Crippen molar-refractivity contribution < 1.29 is 9.53 Å². The first kappa shape index (κ1) is 16.8. The lowest BCUT2D eigenvalue weighted by Crippen LogP contribution is -2.47. The second-order valence-corrected chi connectivity index (χ2v) is 7.39. The molecule has 0 aliphatic carbocycles. The molecule has 1 amide bonds.